The van der Waals surface area contributed by atoms with Gasteiger partial charge < -0.3 is 5.11 Å². The SMILES string of the molecule is O=C(O)C(F)(F)c1nc(C(F)(F)F)cs1. The Morgan fingerprint density at radius 1 is 1.33 bits per heavy atom. The Kier molecular flexibility index (Phi) is 2.68. The van der Waals surface area contributed by atoms with Gasteiger partial charge in [0.05, 0.1) is 0 Å². The Bertz CT molecular complexity index is 385. The van der Waals surface area contributed by atoms with E-state index < -0.39 is 28.8 Å². The van der Waals surface area contributed by atoms with Crippen LogP contribution in [0.1, 0.15) is 10.7 Å². The smallest absolute Gasteiger partial charge is 0.434 e. The standard InChI is InChI=1S/C6H2F5NO2S/c7-5(8,4(13)14)3-12-2(1-15-3)6(9,10)11/h1H,(H,13,14). The molecule has 0 saturated carbocycles. The number of carboxylic acids is 1. The molecular weight excluding hydrogens is 245 g/mol. The molecule has 0 amide bonds. The molecule has 0 fully saturated rings. The monoisotopic (exact) mass is 247 g/mol. The van der Waals surface area contributed by atoms with Crippen molar-refractivity contribution in [1.29, 1.82) is 0 Å². The fourth-order valence-corrected chi connectivity index (χ4v) is 1.44. The molecule has 0 spiro atoms. The largest absolute Gasteiger partial charge is 0.476 e. The van der Waals surface area contributed by atoms with Crippen LogP contribution in [0.2, 0.25) is 0 Å². The van der Waals surface area contributed by atoms with Gasteiger partial charge in [0.15, 0.2) is 10.7 Å². The van der Waals surface area contributed by atoms with Crippen LogP contribution in [0.5, 0.6) is 0 Å². The summed E-state index contributed by atoms with van der Waals surface area (Å²) in [5.74, 6) is -6.93. The zero-order valence-corrected chi connectivity index (χ0v) is 7.49. The zero-order chi connectivity index (χ0) is 11.9. The van der Waals surface area contributed by atoms with Crippen LogP contribution < -0.4 is 0 Å². The van der Waals surface area contributed by atoms with Crippen molar-refractivity contribution in [2.75, 3.05) is 0 Å². The molecule has 0 bridgehead atoms. The average molecular weight is 247 g/mol. The van der Waals surface area contributed by atoms with Gasteiger partial charge in [0.2, 0.25) is 0 Å². The van der Waals surface area contributed by atoms with Crippen molar-refractivity contribution < 1.29 is 31.9 Å². The van der Waals surface area contributed by atoms with Crippen LogP contribution in [-0.2, 0) is 16.9 Å². The van der Waals surface area contributed by atoms with Gasteiger partial charge in [-0.2, -0.15) is 22.0 Å². The van der Waals surface area contributed by atoms with Gasteiger partial charge in [-0.1, -0.05) is 0 Å². The van der Waals surface area contributed by atoms with Gasteiger partial charge in [-0.3, -0.25) is 0 Å². The van der Waals surface area contributed by atoms with E-state index in [1.165, 1.54) is 0 Å². The van der Waals surface area contributed by atoms with Crippen molar-refractivity contribution in [2.45, 2.75) is 12.1 Å². The molecular formula is C6H2F5NO2S. The van der Waals surface area contributed by atoms with Gasteiger partial charge in [-0.25, -0.2) is 9.78 Å². The van der Waals surface area contributed by atoms with Crippen molar-refractivity contribution in [3.8, 4) is 0 Å². The van der Waals surface area contributed by atoms with Gasteiger partial charge in [-0.15, -0.1) is 11.3 Å². The molecule has 1 aromatic heterocycles. The van der Waals surface area contributed by atoms with Crippen LogP contribution in [-0.4, -0.2) is 16.1 Å². The third-order valence-corrected chi connectivity index (χ3v) is 2.24. The number of carboxylic acid groups (broad SMARTS) is 1. The Labute approximate surface area is 83.2 Å². The van der Waals surface area contributed by atoms with Gasteiger partial charge in [0, 0.05) is 5.38 Å². The highest BCUT2D eigenvalue weighted by Gasteiger charge is 2.46. The minimum atomic E-state index is -4.86. The number of thiazole rings is 1. The second-order valence-corrected chi connectivity index (χ2v) is 3.27. The molecule has 15 heavy (non-hydrogen) atoms. The predicted octanol–water partition coefficient (Wildman–Crippen LogP) is 2.34. The predicted molar refractivity (Wildman–Crippen MR) is 38.6 cm³/mol. The number of aromatic nitrogens is 1. The lowest BCUT2D eigenvalue weighted by molar-refractivity contribution is -0.166. The second-order valence-electron chi connectivity index (χ2n) is 2.42. The highest BCUT2D eigenvalue weighted by Crippen LogP contribution is 2.35. The van der Waals surface area contributed by atoms with Crippen LogP contribution >= 0.6 is 11.3 Å². The number of carbonyl (C=O) groups is 1. The van der Waals surface area contributed by atoms with Crippen LogP contribution in [0.3, 0.4) is 0 Å². The summed E-state index contributed by atoms with van der Waals surface area (Å²) in [6.45, 7) is 0. The van der Waals surface area contributed by atoms with Gasteiger partial charge >= 0.3 is 18.1 Å². The van der Waals surface area contributed by atoms with Gasteiger partial charge in [0.1, 0.15) is 0 Å². The maximum absolute atomic E-state index is 12.7. The van der Waals surface area contributed by atoms with E-state index in [2.05, 4.69) is 4.98 Å². The number of hydrogen-bond donors (Lipinski definition) is 1. The molecule has 0 unspecified atom stereocenters. The second kappa shape index (κ2) is 3.40. The molecule has 0 aliphatic heterocycles. The highest BCUT2D eigenvalue weighted by atomic mass is 32.1. The number of rotatable bonds is 2. The van der Waals surface area contributed by atoms with E-state index in [4.69, 9.17) is 5.11 Å². The molecule has 0 atom stereocenters. The summed E-state index contributed by atoms with van der Waals surface area (Å²) in [6.07, 6.45) is -4.86. The molecule has 0 saturated heterocycles. The summed E-state index contributed by atoms with van der Waals surface area (Å²) in [5, 5.41) is 6.99. The molecule has 9 heteroatoms. The molecule has 3 nitrogen and oxygen atoms in total. The van der Waals surface area contributed by atoms with E-state index in [-0.39, 0.29) is 11.3 Å². The van der Waals surface area contributed by atoms with Crippen LogP contribution in [0.25, 0.3) is 0 Å². The first-order valence-corrected chi connectivity index (χ1v) is 4.18. The molecule has 84 valence electrons. The van der Waals surface area contributed by atoms with E-state index in [1.54, 1.807) is 0 Å². The number of alkyl halides is 5. The maximum Gasteiger partial charge on any atom is 0.434 e. The highest BCUT2D eigenvalue weighted by molar-refractivity contribution is 7.09. The molecule has 1 heterocycles. The minimum Gasteiger partial charge on any atom is -0.476 e. The number of nitrogens with zero attached hydrogens (tertiary/aromatic N) is 1. The molecule has 0 aromatic carbocycles. The summed E-state index contributed by atoms with van der Waals surface area (Å²) in [4.78, 5) is 12.6. The first-order valence-electron chi connectivity index (χ1n) is 3.30. The normalized spacial score (nSPS) is 12.9. The summed E-state index contributed by atoms with van der Waals surface area (Å²) in [6, 6.07) is 0. The van der Waals surface area contributed by atoms with Crippen molar-refractivity contribution in [2.24, 2.45) is 0 Å². The van der Waals surface area contributed by atoms with E-state index in [9.17, 15) is 26.7 Å². The number of hydrogen-bond acceptors (Lipinski definition) is 3. The third-order valence-electron chi connectivity index (χ3n) is 1.33. The Balaban J connectivity index is 3.10. The Morgan fingerprint density at radius 2 is 1.87 bits per heavy atom. The van der Waals surface area contributed by atoms with Gasteiger partial charge in [-0.05, 0) is 0 Å². The van der Waals surface area contributed by atoms with Crippen molar-refractivity contribution in [1.82, 2.24) is 4.98 Å². The lowest BCUT2D eigenvalue weighted by Crippen LogP contribution is -2.25. The number of aliphatic carboxylic acids is 1. The summed E-state index contributed by atoms with van der Waals surface area (Å²) in [7, 11) is 0. The maximum atomic E-state index is 12.7. The fourth-order valence-electron chi connectivity index (χ4n) is 0.640. The lowest BCUT2D eigenvalue weighted by Gasteiger charge is -2.06. The van der Waals surface area contributed by atoms with Crippen molar-refractivity contribution >= 4 is 17.3 Å². The van der Waals surface area contributed by atoms with Crippen LogP contribution in [0, 0.1) is 0 Å². The van der Waals surface area contributed by atoms with E-state index in [0.29, 0.717) is 5.38 Å². The molecule has 1 aromatic rings. The zero-order valence-electron chi connectivity index (χ0n) is 6.68. The summed E-state index contributed by atoms with van der Waals surface area (Å²) >= 11 is -0.0503. The fraction of sp³-hybridized carbons (Fsp3) is 0.333. The van der Waals surface area contributed by atoms with Gasteiger partial charge in [0.25, 0.3) is 0 Å². The van der Waals surface area contributed by atoms with E-state index >= 15 is 0 Å². The van der Waals surface area contributed by atoms with E-state index in [1.807, 2.05) is 0 Å². The van der Waals surface area contributed by atoms with Crippen LogP contribution in [0.15, 0.2) is 5.38 Å². The Hall–Kier alpha value is -1.25. The first kappa shape index (κ1) is 11.8. The van der Waals surface area contributed by atoms with E-state index in [0.717, 1.165) is 0 Å². The lowest BCUT2D eigenvalue weighted by atomic mass is 10.3. The van der Waals surface area contributed by atoms with Crippen LogP contribution in [0.4, 0.5) is 22.0 Å². The molecule has 1 rings (SSSR count). The minimum absolute atomic E-state index is 0.0503. The molecule has 0 aliphatic rings. The third kappa shape index (κ3) is 2.22. The van der Waals surface area contributed by atoms with Crippen molar-refractivity contribution in [3.05, 3.63) is 16.1 Å². The quantitative estimate of drug-likeness (QED) is 0.816. The summed E-state index contributed by atoms with van der Waals surface area (Å²) in [5.41, 5.74) is -1.52. The van der Waals surface area contributed by atoms with Crippen molar-refractivity contribution in [3.63, 3.8) is 0 Å². The first-order chi connectivity index (χ1) is 6.65. The molecule has 0 aliphatic carbocycles. The number of halogens is 5. The Morgan fingerprint density at radius 3 is 2.20 bits per heavy atom. The average Bonchev–Trinajstić information content (AvgIpc) is 2.50. The summed E-state index contributed by atoms with van der Waals surface area (Å²) < 4.78 is 61.1. The molecule has 0 radical (unpaired) electrons. The molecule has 1 N–H and O–H groups in total. The topological polar surface area (TPSA) is 50.2 Å².